The van der Waals surface area contributed by atoms with E-state index in [-0.39, 0.29) is 18.3 Å². The minimum atomic E-state index is -0.511. The maximum atomic E-state index is 8.79. The van der Waals surface area contributed by atoms with E-state index in [9.17, 15) is 0 Å². The van der Waals surface area contributed by atoms with E-state index in [1.165, 1.54) is 0 Å². The molecule has 0 aromatic rings. The Bertz CT molecular complexity index is 362. The molecule has 5 atom stereocenters. The standard InChI is InChI=1S/C14H25N3O4/c1-3-5-7-18-12-10-9-20-14(21-10)11(16-17-15)13(12)19-8-6-4-2/h10-14H,3-9H2,1-2H3/t10?,11?,12-,13?,14?/m1/s1. The van der Waals surface area contributed by atoms with Crippen molar-refractivity contribution >= 4 is 0 Å². The third-order valence-corrected chi connectivity index (χ3v) is 3.84. The molecule has 2 fully saturated rings. The lowest BCUT2D eigenvalue weighted by Crippen LogP contribution is -2.55. The van der Waals surface area contributed by atoms with Gasteiger partial charge in [0, 0.05) is 18.1 Å². The van der Waals surface area contributed by atoms with E-state index >= 15 is 0 Å². The van der Waals surface area contributed by atoms with Crippen LogP contribution in [0, 0.1) is 0 Å². The molecule has 2 aliphatic heterocycles. The van der Waals surface area contributed by atoms with E-state index in [1.54, 1.807) is 0 Å². The lowest BCUT2D eigenvalue weighted by Gasteiger charge is -2.38. The second-order valence-electron chi connectivity index (χ2n) is 5.45. The van der Waals surface area contributed by atoms with Crippen LogP contribution in [0.15, 0.2) is 5.11 Å². The van der Waals surface area contributed by atoms with Gasteiger partial charge in [-0.1, -0.05) is 31.8 Å². The zero-order valence-corrected chi connectivity index (χ0v) is 12.8. The lowest BCUT2D eigenvalue weighted by molar-refractivity contribution is -0.206. The highest BCUT2D eigenvalue weighted by molar-refractivity contribution is 4.99. The van der Waals surface area contributed by atoms with E-state index in [2.05, 4.69) is 23.9 Å². The Balaban J connectivity index is 2.05. The molecule has 21 heavy (non-hydrogen) atoms. The van der Waals surface area contributed by atoms with Crippen LogP contribution in [0.4, 0.5) is 0 Å². The summed E-state index contributed by atoms with van der Waals surface area (Å²) in [7, 11) is 0. The Labute approximate surface area is 125 Å². The number of fused-ring (bicyclic) bond motifs is 2. The molecule has 0 spiro atoms. The van der Waals surface area contributed by atoms with Gasteiger partial charge >= 0.3 is 0 Å². The fraction of sp³-hybridized carbons (Fsp3) is 1.00. The molecule has 7 heteroatoms. The summed E-state index contributed by atoms with van der Waals surface area (Å²) < 4.78 is 23.2. The summed E-state index contributed by atoms with van der Waals surface area (Å²) in [4.78, 5) is 2.91. The molecular weight excluding hydrogens is 274 g/mol. The maximum Gasteiger partial charge on any atom is 0.169 e. The number of unbranched alkanes of at least 4 members (excludes halogenated alkanes) is 2. The van der Waals surface area contributed by atoms with E-state index in [0.29, 0.717) is 19.8 Å². The van der Waals surface area contributed by atoms with Crippen molar-refractivity contribution in [1.82, 2.24) is 0 Å². The Hall–Kier alpha value is -0.850. The van der Waals surface area contributed by atoms with E-state index in [1.807, 2.05) is 0 Å². The Morgan fingerprint density at radius 3 is 2.43 bits per heavy atom. The highest BCUT2D eigenvalue weighted by Crippen LogP contribution is 2.34. The predicted octanol–water partition coefficient (Wildman–Crippen LogP) is 2.79. The topological polar surface area (TPSA) is 85.7 Å². The number of azide groups is 1. The fourth-order valence-corrected chi connectivity index (χ4v) is 2.66. The van der Waals surface area contributed by atoms with Crippen molar-refractivity contribution in [3.63, 3.8) is 0 Å². The number of nitrogens with zero attached hydrogens (tertiary/aromatic N) is 3. The zero-order chi connectivity index (χ0) is 15.1. The van der Waals surface area contributed by atoms with Gasteiger partial charge in [-0.3, -0.25) is 0 Å². The Kier molecular flexibility index (Phi) is 6.73. The third kappa shape index (κ3) is 4.08. The molecule has 4 unspecified atom stereocenters. The third-order valence-electron chi connectivity index (χ3n) is 3.84. The molecule has 0 aromatic carbocycles. The normalized spacial score (nSPS) is 34.7. The molecule has 2 bridgehead atoms. The first-order valence-electron chi connectivity index (χ1n) is 7.86. The van der Waals surface area contributed by atoms with Crippen LogP contribution < -0.4 is 0 Å². The van der Waals surface area contributed by atoms with Crippen molar-refractivity contribution in [3.05, 3.63) is 10.4 Å². The second kappa shape index (κ2) is 8.56. The minimum Gasteiger partial charge on any atom is -0.375 e. The zero-order valence-electron chi connectivity index (χ0n) is 12.8. The summed E-state index contributed by atoms with van der Waals surface area (Å²) in [5.74, 6) is 0. The average Bonchev–Trinajstić information content (AvgIpc) is 2.92. The van der Waals surface area contributed by atoms with E-state index in [0.717, 1.165) is 25.7 Å². The van der Waals surface area contributed by atoms with Gasteiger partial charge in [-0.05, 0) is 18.4 Å². The largest absolute Gasteiger partial charge is 0.375 e. The quantitative estimate of drug-likeness (QED) is 0.283. The van der Waals surface area contributed by atoms with Crippen LogP contribution in [0.1, 0.15) is 39.5 Å². The lowest BCUT2D eigenvalue weighted by atomic mass is 9.99. The van der Waals surface area contributed by atoms with Gasteiger partial charge in [0.1, 0.15) is 18.2 Å². The highest BCUT2D eigenvalue weighted by atomic mass is 16.7. The van der Waals surface area contributed by atoms with Crippen LogP contribution >= 0.6 is 0 Å². The molecule has 0 aliphatic carbocycles. The van der Waals surface area contributed by atoms with E-state index in [4.69, 9.17) is 24.5 Å². The smallest absolute Gasteiger partial charge is 0.169 e. The molecule has 0 radical (unpaired) electrons. The van der Waals surface area contributed by atoms with Crippen LogP contribution in [-0.2, 0) is 18.9 Å². The molecule has 2 saturated heterocycles. The monoisotopic (exact) mass is 299 g/mol. The van der Waals surface area contributed by atoms with Crippen molar-refractivity contribution in [2.75, 3.05) is 19.8 Å². The summed E-state index contributed by atoms with van der Waals surface area (Å²) in [6.45, 7) is 5.98. The molecular formula is C14H25N3O4. The van der Waals surface area contributed by atoms with Gasteiger partial charge in [0.15, 0.2) is 6.29 Å². The molecule has 0 saturated carbocycles. The number of hydrogen-bond acceptors (Lipinski definition) is 5. The molecule has 2 aliphatic rings. The molecule has 0 amide bonds. The summed E-state index contributed by atoms with van der Waals surface area (Å²) in [5, 5.41) is 3.83. The van der Waals surface area contributed by atoms with Gasteiger partial charge in [-0.25, -0.2) is 0 Å². The van der Waals surface area contributed by atoms with Gasteiger partial charge in [-0.15, -0.1) is 0 Å². The molecule has 120 valence electrons. The summed E-state index contributed by atoms with van der Waals surface area (Å²) >= 11 is 0. The minimum absolute atomic E-state index is 0.136. The van der Waals surface area contributed by atoms with Crippen molar-refractivity contribution < 1.29 is 18.9 Å². The van der Waals surface area contributed by atoms with Crippen LogP contribution in [0.3, 0.4) is 0 Å². The second-order valence-corrected chi connectivity index (χ2v) is 5.45. The fourth-order valence-electron chi connectivity index (χ4n) is 2.66. The SMILES string of the molecule is CCCCOC1C(N=[N+]=[N-])C2OCC(O2)[C@H]1OCCCC. The van der Waals surface area contributed by atoms with Crippen LogP contribution in [0.5, 0.6) is 0 Å². The van der Waals surface area contributed by atoms with Crippen molar-refractivity contribution in [2.45, 2.75) is 70.2 Å². The first-order valence-corrected chi connectivity index (χ1v) is 7.86. The van der Waals surface area contributed by atoms with Crippen molar-refractivity contribution in [3.8, 4) is 0 Å². The van der Waals surface area contributed by atoms with Gasteiger partial charge in [-0.2, -0.15) is 0 Å². The number of ether oxygens (including phenoxy) is 4. The van der Waals surface area contributed by atoms with Crippen LogP contribution in [-0.4, -0.2) is 50.5 Å². The van der Waals surface area contributed by atoms with Crippen molar-refractivity contribution in [1.29, 1.82) is 0 Å². The molecule has 0 aromatic heterocycles. The van der Waals surface area contributed by atoms with Crippen LogP contribution in [0.25, 0.3) is 10.4 Å². The van der Waals surface area contributed by atoms with Gasteiger partial charge in [0.25, 0.3) is 0 Å². The Morgan fingerprint density at radius 2 is 1.81 bits per heavy atom. The van der Waals surface area contributed by atoms with Crippen LogP contribution in [0.2, 0.25) is 0 Å². The molecule has 7 nitrogen and oxygen atoms in total. The summed E-state index contributed by atoms with van der Waals surface area (Å²) in [6, 6.07) is -0.489. The first kappa shape index (κ1) is 16.5. The number of rotatable bonds is 9. The van der Waals surface area contributed by atoms with Gasteiger partial charge < -0.3 is 18.9 Å². The van der Waals surface area contributed by atoms with Crippen molar-refractivity contribution in [2.24, 2.45) is 5.11 Å². The molecule has 2 heterocycles. The number of hydrogen-bond donors (Lipinski definition) is 0. The van der Waals surface area contributed by atoms with Gasteiger partial charge in [0.2, 0.25) is 0 Å². The molecule has 0 N–H and O–H groups in total. The predicted molar refractivity (Wildman–Crippen MR) is 76.8 cm³/mol. The maximum absolute atomic E-state index is 8.79. The highest BCUT2D eigenvalue weighted by Gasteiger charge is 2.51. The summed E-state index contributed by atoms with van der Waals surface area (Å²) in [6.07, 6.45) is 2.91. The summed E-state index contributed by atoms with van der Waals surface area (Å²) in [5.41, 5.74) is 8.79. The first-order chi connectivity index (χ1) is 10.3. The van der Waals surface area contributed by atoms with E-state index < -0.39 is 12.3 Å². The average molecular weight is 299 g/mol. The van der Waals surface area contributed by atoms with Gasteiger partial charge in [0.05, 0.1) is 12.7 Å². The Morgan fingerprint density at radius 1 is 1.14 bits per heavy atom. The molecule has 2 rings (SSSR count).